The maximum atomic E-state index is 10.8. The lowest BCUT2D eigenvalue weighted by atomic mass is 10.1. The summed E-state index contributed by atoms with van der Waals surface area (Å²) >= 11 is 0. The van der Waals surface area contributed by atoms with Crippen LogP contribution in [0.15, 0.2) is 0 Å². The fraction of sp³-hybridized carbons (Fsp3) is 1.00. The molecule has 0 radical (unpaired) electrons. The lowest BCUT2D eigenvalue weighted by Crippen LogP contribution is -2.38. The van der Waals surface area contributed by atoms with Crippen LogP contribution in [0.25, 0.3) is 0 Å². The van der Waals surface area contributed by atoms with E-state index in [4.69, 9.17) is 0 Å². The van der Waals surface area contributed by atoms with Crippen molar-refractivity contribution in [3.63, 3.8) is 0 Å². The molecular formula is C6H13NO3S. The molecule has 66 valence electrons. The summed E-state index contributed by atoms with van der Waals surface area (Å²) in [4.78, 5) is 0. The molecule has 0 aromatic rings. The number of sulfone groups is 1. The van der Waals surface area contributed by atoms with Gasteiger partial charge in [-0.2, -0.15) is 0 Å². The highest BCUT2D eigenvalue weighted by atomic mass is 32.2. The van der Waals surface area contributed by atoms with E-state index >= 15 is 0 Å². The van der Waals surface area contributed by atoms with Crippen LogP contribution in [0.4, 0.5) is 0 Å². The van der Waals surface area contributed by atoms with E-state index in [1.54, 1.807) is 0 Å². The third kappa shape index (κ3) is 2.76. The van der Waals surface area contributed by atoms with Crippen LogP contribution in [0.2, 0.25) is 0 Å². The minimum Gasteiger partial charge on any atom is -0.387 e. The molecule has 1 rings (SSSR count). The van der Waals surface area contributed by atoms with Crippen molar-refractivity contribution in [1.82, 2.24) is 5.32 Å². The quantitative estimate of drug-likeness (QED) is 0.556. The van der Waals surface area contributed by atoms with Gasteiger partial charge in [0, 0.05) is 12.8 Å². The predicted octanol–water partition coefficient (Wildman–Crippen LogP) is -1.24. The van der Waals surface area contributed by atoms with Crippen molar-refractivity contribution in [3.8, 4) is 0 Å². The van der Waals surface area contributed by atoms with Crippen molar-refractivity contribution in [1.29, 1.82) is 0 Å². The van der Waals surface area contributed by atoms with Crippen molar-refractivity contribution < 1.29 is 13.5 Å². The molecule has 1 unspecified atom stereocenters. The van der Waals surface area contributed by atoms with Crippen LogP contribution < -0.4 is 5.32 Å². The molecule has 1 aliphatic heterocycles. The molecule has 2 N–H and O–H groups in total. The molecule has 0 bridgehead atoms. The zero-order valence-electron chi connectivity index (χ0n) is 6.50. The number of nitrogens with one attached hydrogen (secondary N) is 1. The second kappa shape index (κ2) is 2.73. The van der Waals surface area contributed by atoms with Gasteiger partial charge < -0.3 is 10.4 Å². The zero-order chi connectivity index (χ0) is 8.54. The molecule has 0 aliphatic carbocycles. The van der Waals surface area contributed by atoms with E-state index in [2.05, 4.69) is 5.32 Å². The Morgan fingerprint density at radius 3 is 2.64 bits per heavy atom. The van der Waals surface area contributed by atoms with Gasteiger partial charge in [0.05, 0.1) is 11.4 Å². The van der Waals surface area contributed by atoms with Gasteiger partial charge in [-0.15, -0.1) is 0 Å². The molecule has 0 aromatic carbocycles. The molecule has 4 nitrogen and oxygen atoms in total. The van der Waals surface area contributed by atoms with Gasteiger partial charge in [-0.25, -0.2) is 8.42 Å². The van der Waals surface area contributed by atoms with Crippen molar-refractivity contribution in [3.05, 3.63) is 0 Å². The first-order valence-corrected chi connectivity index (χ1v) is 5.58. The average molecular weight is 179 g/mol. The third-order valence-electron chi connectivity index (χ3n) is 1.75. The van der Waals surface area contributed by atoms with Gasteiger partial charge in [-0.1, -0.05) is 0 Å². The number of hydrogen-bond acceptors (Lipinski definition) is 4. The van der Waals surface area contributed by atoms with Crippen LogP contribution in [0.1, 0.15) is 6.42 Å². The minimum atomic E-state index is -3.06. The van der Waals surface area contributed by atoms with Gasteiger partial charge in [0.2, 0.25) is 0 Å². The summed E-state index contributed by atoms with van der Waals surface area (Å²) in [6, 6.07) is 0. The van der Waals surface area contributed by atoms with Crippen molar-refractivity contribution in [2.24, 2.45) is 0 Å². The second-order valence-electron chi connectivity index (χ2n) is 3.22. The van der Waals surface area contributed by atoms with E-state index in [-0.39, 0.29) is 5.75 Å². The average Bonchev–Trinajstić information content (AvgIpc) is 2.09. The molecule has 5 heteroatoms. The molecule has 0 spiro atoms. The summed E-state index contributed by atoms with van der Waals surface area (Å²) < 4.78 is 21.6. The Morgan fingerprint density at radius 1 is 1.64 bits per heavy atom. The molecular weight excluding hydrogens is 166 g/mol. The normalized spacial score (nSPS) is 32.5. The molecule has 1 aliphatic rings. The van der Waals surface area contributed by atoms with Crippen molar-refractivity contribution in [2.75, 3.05) is 25.1 Å². The third-order valence-corrected chi connectivity index (χ3v) is 2.81. The second-order valence-corrected chi connectivity index (χ2v) is 5.36. The van der Waals surface area contributed by atoms with E-state index in [0.29, 0.717) is 19.5 Å². The van der Waals surface area contributed by atoms with Gasteiger partial charge in [0.15, 0.2) is 0 Å². The van der Waals surface area contributed by atoms with Crippen molar-refractivity contribution >= 4 is 9.84 Å². The van der Waals surface area contributed by atoms with Crippen LogP contribution >= 0.6 is 0 Å². The maximum Gasteiger partial charge on any atom is 0.150 e. The maximum absolute atomic E-state index is 10.8. The fourth-order valence-electron chi connectivity index (χ4n) is 1.34. The summed E-state index contributed by atoms with van der Waals surface area (Å²) in [6.07, 6.45) is 1.67. The summed E-state index contributed by atoms with van der Waals surface area (Å²) in [5, 5.41) is 12.5. The van der Waals surface area contributed by atoms with Crippen LogP contribution in [0.5, 0.6) is 0 Å². The smallest absolute Gasteiger partial charge is 0.150 e. The van der Waals surface area contributed by atoms with Crippen LogP contribution in [-0.4, -0.2) is 44.2 Å². The topological polar surface area (TPSA) is 66.4 Å². The standard InChI is InChI=1S/C6H13NO3S/c1-11(9,10)5-6(8)2-3-7-4-6/h7-8H,2-5H2,1H3. The van der Waals surface area contributed by atoms with Gasteiger partial charge in [0.1, 0.15) is 9.84 Å². The Hall–Kier alpha value is -0.130. The zero-order valence-corrected chi connectivity index (χ0v) is 7.32. The number of rotatable bonds is 2. The lowest BCUT2D eigenvalue weighted by molar-refractivity contribution is 0.0854. The van der Waals surface area contributed by atoms with Crippen LogP contribution in [-0.2, 0) is 9.84 Å². The molecule has 0 amide bonds. The lowest BCUT2D eigenvalue weighted by Gasteiger charge is -2.19. The summed E-state index contributed by atoms with van der Waals surface area (Å²) in [7, 11) is -3.06. The first-order chi connectivity index (χ1) is 4.91. The van der Waals surface area contributed by atoms with Gasteiger partial charge in [-0.05, 0) is 13.0 Å². The first-order valence-electron chi connectivity index (χ1n) is 3.52. The molecule has 1 fully saturated rings. The Balaban J connectivity index is 2.60. The largest absolute Gasteiger partial charge is 0.387 e. The first kappa shape index (κ1) is 8.96. The highest BCUT2D eigenvalue weighted by Gasteiger charge is 2.34. The fourth-order valence-corrected chi connectivity index (χ4v) is 2.56. The molecule has 0 saturated carbocycles. The number of hydrogen-bond donors (Lipinski definition) is 2. The SMILES string of the molecule is CS(=O)(=O)CC1(O)CCNC1. The Labute approximate surface area is 66.5 Å². The van der Waals surface area contributed by atoms with E-state index in [1.165, 1.54) is 0 Å². The highest BCUT2D eigenvalue weighted by molar-refractivity contribution is 7.90. The molecule has 1 saturated heterocycles. The molecule has 0 aromatic heterocycles. The molecule has 1 heterocycles. The summed E-state index contributed by atoms with van der Waals surface area (Å²) in [5.41, 5.74) is -1.02. The molecule has 1 atom stereocenters. The monoisotopic (exact) mass is 179 g/mol. The number of aliphatic hydroxyl groups is 1. The van der Waals surface area contributed by atoms with Gasteiger partial charge >= 0.3 is 0 Å². The predicted molar refractivity (Wildman–Crippen MR) is 42.1 cm³/mol. The minimum absolute atomic E-state index is 0.132. The van der Waals surface area contributed by atoms with E-state index in [9.17, 15) is 13.5 Å². The Bertz CT molecular complexity index is 228. The van der Waals surface area contributed by atoms with Crippen molar-refractivity contribution in [2.45, 2.75) is 12.0 Å². The van der Waals surface area contributed by atoms with Crippen LogP contribution in [0, 0.1) is 0 Å². The van der Waals surface area contributed by atoms with Gasteiger partial charge in [0.25, 0.3) is 0 Å². The highest BCUT2D eigenvalue weighted by Crippen LogP contribution is 2.15. The van der Waals surface area contributed by atoms with Gasteiger partial charge in [-0.3, -0.25) is 0 Å². The number of β-amino-alcohol motifs (C(OH)–C–C–N with tert-alkyl or cyclic N) is 1. The molecule has 11 heavy (non-hydrogen) atoms. The Morgan fingerprint density at radius 2 is 2.27 bits per heavy atom. The van der Waals surface area contributed by atoms with Crippen LogP contribution in [0.3, 0.4) is 0 Å². The Kier molecular flexibility index (Phi) is 2.22. The van der Waals surface area contributed by atoms with E-state index < -0.39 is 15.4 Å². The summed E-state index contributed by atoms with van der Waals surface area (Å²) in [6.45, 7) is 1.09. The van der Waals surface area contributed by atoms with E-state index in [0.717, 1.165) is 6.26 Å². The van der Waals surface area contributed by atoms with E-state index in [1.807, 2.05) is 0 Å². The summed E-state index contributed by atoms with van der Waals surface area (Å²) in [5.74, 6) is -0.132.